The first-order valence-corrected chi connectivity index (χ1v) is 9.40. The van der Waals surface area contributed by atoms with Crippen molar-refractivity contribution in [1.82, 2.24) is 9.47 Å². The number of rotatable bonds is 4. The topological polar surface area (TPSA) is 88.8 Å². The number of esters is 1. The van der Waals surface area contributed by atoms with E-state index in [1.54, 1.807) is 57.2 Å². The Bertz CT molecular complexity index is 954. The number of carbonyl (C=O) groups is 3. The minimum absolute atomic E-state index is 0.153. The van der Waals surface area contributed by atoms with Crippen molar-refractivity contribution in [2.24, 2.45) is 0 Å². The van der Waals surface area contributed by atoms with Crippen LogP contribution in [0.15, 0.2) is 47.5 Å². The van der Waals surface area contributed by atoms with Gasteiger partial charge < -0.3 is 14.4 Å². The smallest absolute Gasteiger partial charge is 0.326 e. The van der Waals surface area contributed by atoms with E-state index in [-0.39, 0.29) is 10.7 Å². The molecular formula is C20H20N2O5S. The molecule has 0 saturated carbocycles. The highest BCUT2D eigenvalue weighted by molar-refractivity contribution is 8.18. The van der Waals surface area contributed by atoms with Gasteiger partial charge in [0.2, 0.25) is 0 Å². The largest absolute Gasteiger partial charge is 0.508 e. The second-order valence-electron chi connectivity index (χ2n) is 7.17. The summed E-state index contributed by atoms with van der Waals surface area (Å²) in [5.41, 5.74) is 0.787. The molecule has 1 aliphatic heterocycles. The standard InChI is InChI=1S/C20H20N2O5S/c1-20(2,3)27-17(24)12-22-18(25)16(28-19(22)26)11-14-5-4-10-21(14)13-6-8-15(23)9-7-13/h4-11,23H,12H2,1-3H3/b16-11-. The predicted octanol–water partition coefficient (Wildman–Crippen LogP) is 3.56. The minimum atomic E-state index is -0.695. The van der Waals surface area contributed by atoms with Crippen LogP contribution < -0.4 is 0 Å². The van der Waals surface area contributed by atoms with E-state index in [9.17, 15) is 19.5 Å². The van der Waals surface area contributed by atoms with Crippen LogP contribution in [0.25, 0.3) is 11.8 Å². The molecule has 0 bridgehead atoms. The van der Waals surface area contributed by atoms with Gasteiger partial charge in [0.1, 0.15) is 17.9 Å². The summed E-state index contributed by atoms with van der Waals surface area (Å²) in [5.74, 6) is -1.01. The molecule has 28 heavy (non-hydrogen) atoms. The minimum Gasteiger partial charge on any atom is -0.508 e. The van der Waals surface area contributed by atoms with Crippen LogP contribution in [0.4, 0.5) is 4.79 Å². The number of phenolic OH excluding ortho intramolecular Hbond substituents is 1. The van der Waals surface area contributed by atoms with Crippen LogP contribution in [0.3, 0.4) is 0 Å². The molecule has 0 atom stereocenters. The van der Waals surface area contributed by atoms with Crippen molar-refractivity contribution in [3.8, 4) is 11.4 Å². The zero-order chi connectivity index (χ0) is 20.5. The fourth-order valence-electron chi connectivity index (χ4n) is 2.63. The summed E-state index contributed by atoms with van der Waals surface area (Å²) in [6, 6.07) is 10.2. The van der Waals surface area contributed by atoms with Crippen LogP contribution >= 0.6 is 11.8 Å². The number of hydrogen-bond acceptors (Lipinski definition) is 6. The zero-order valence-corrected chi connectivity index (χ0v) is 16.5. The SMILES string of the molecule is CC(C)(C)OC(=O)CN1C(=O)S/C(=C\c2cccn2-c2ccc(O)cc2)C1=O. The molecule has 146 valence electrons. The lowest BCUT2D eigenvalue weighted by Gasteiger charge is -2.21. The third-order valence-electron chi connectivity index (χ3n) is 3.77. The Morgan fingerprint density at radius 1 is 1.18 bits per heavy atom. The second-order valence-corrected chi connectivity index (χ2v) is 8.17. The van der Waals surface area contributed by atoms with Gasteiger partial charge in [0.05, 0.1) is 4.91 Å². The Hall–Kier alpha value is -3.00. The molecule has 2 heterocycles. The first kappa shape index (κ1) is 19.8. The van der Waals surface area contributed by atoms with Crippen LogP contribution in [-0.2, 0) is 14.3 Å². The van der Waals surface area contributed by atoms with Gasteiger partial charge in [-0.1, -0.05) is 0 Å². The molecule has 1 saturated heterocycles. The van der Waals surface area contributed by atoms with Crippen molar-refractivity contribution < 1.29 is 24.2 Å². The van der Waals surface area contributed by atoms with Gasteiger partial charge in [-0.05, 0) is 75.0 Å². The lowest BCUT2D eigenvalue weighted by molar-refractivity contribution is -0.156. The van der Waals surface area contributed by atoms with E-state index < -0.39 is 29.3 Å². The second kappa shape index (κ2) is 7.55. The number of thioether (sulfide) groups is 1. The van der Waals surface area contributed by atoms with Crippen molar-refractivity contribution >= 4 is 35.0 Å². The molecule has 1 N–H and O–H groups in total. The molecule has 0 spiro atoms. The first-order chi connectivity index (χ1) is 13.1. The molecule has 0 radical (unpaired) electrons. The van der Waals surface area contributed by atoms with E-state index in [0.717, 1.165) is 22.3 Å². The van der Waals surface area contributed by atoms with E-state index in [4.69, 9.17) is 4.74 Å². The molecule has 1 aliphatic rings. The Morgan fingerprint density at radius 2 is 1.86 bits per heavy atom. The number of aromatic hydroxyl groups is 1. The van der Waals surface area contributed by atoms with Gasteiger partial charge in [-0.15, -0.1) is 0 Å². The molecule has 1 aromatic carbocycles. The third kappa shape index (κ3) is 4.45. The molecule has 0 aliphatic carbocycles. The fraction of sp³-hybridized carbons (Fsp3) is 0.250. The maximum atomic E-state index is 12.6. The fourth-order valence-corrected chi connectivity index (χ4v) is 3.46. The van der Waals surface area contributed by atoms with Gasteiger partial charge in [0.25, 0.3) is 11.1 Å². The van der Waals surface area contributed by atoms with Crippen molar-refractivity contribution in [2.45, 2.75) is 26.4 Å². The molecule has 8 heteroatoms. The molecule has 7 nitrogen and oxygen atoms in total. The Morgan fingerprint density at radius 3 is 2.50 bits per heavy atom. The van der Waals surface area contributed by atoms with Crippen LogP contribution in [-0.4, -0.2) is 43.8 Å². The number of carbonyl (C=O) groups excluding carboxylic acids is 3. The molecule has 3 rings (SSSR count). The number of nitrogens with zero attached hydrogens (tertiary/aromatic N) is 2. The number of hydrogen-bond donors (Lipinski definition) is 1. The van der Waals surface area contributed by atoms with Gasteiger partial charge in [-0.3, -0.25) is 19.3 Å². The maximum absolute atomic E-state index is 12.6. The highest BCUT2D eigenvalue weighted by atomic mass is 32.2. The van der Waals surface area contributed by atoms with Crippen molar-refractivity contribution in [3.63, 3.8) is 0 Å². The molecular weight excluding hydrogens is 380 g/mol. The molecule has 2 amide bonds. The predicted molar refractivity (Wildman–Crippen MR) is 106 cm³/mol. The van der Waals surface area contributed by atoms with Crippen molar-refractivity contribution in [3.05, 3.63) is 53.2 Å². The third-order valence-corrected chi connectivity index (χ3v) is 4.68. The average molecular weight is 400 g/mol. The van der Waals surface area contributed by atoms with Gasteiger partial charge in [-0.2, -0.15) is 0 Å². The Kier molecular flexibility index (Phi) is 5.33. The molecule has 0 unspecified atom stereocenters. The molecule has 1 fully saturated rings. The number of ether oxygens (including phenoxy) is 1. The highest BCUT2D eigenvalue weighted by Gasteiger charge is 2.37. The first-order valence-electron chi connectivity index (χ1n) is 8.58. The maximum Gasteiger partial charge on any atom is 0.326 e. The van der Waals surface area contributed by atoms with Crippen LogP contribution in [0.2, 0.25) is 0 Å². The number of imide groups is 1. The van der Waals surface area contributed by atoms with Crippen molar-refractivity contribution in [1.29, 1.82) is 0 Å². The van der Waals surface area contributed by atoms with E-state index in [1.165, 1.54) is 0 Å². The van der Waals surface area contributed by atoms with Gasteiger partial charge in [-0.25, -0.2) is 0 Å². The van der Waals surface area contributed by atoms with Crippen LogP contribution in [0.1, 0.15) is 26.5 Å². The van der Waals surface area contributed by atoms with E-state index in [2.05, 4.69) is 0 Å². The van der Waals surface area contributed by atoms with Gasteiger partial charge in [0, 0.05) is 17.6 Å². The Labute approximate surface area is 166 Å². The number of benzene rings is 1. The van der Waals surface area contributed by atoms with Gasteiger partial charge >= 0.3 is 5.97 Å². The quantitative estimate of drug-likeness (QED) is 0.624. The lowest BCUT2D eigenvalue weighted by atomic mass is 10.2. The van der Waals surface area contributed by atoms with Crippen LogP contribution in [0, 0.1) is 0 Å². The summed E-state index contributed by atoms with van der Waals surface area (Å²) < 4.78 is 7.01. The van der Waals surface area contributed by atoms with E-state index in [0.29, 0.717) is 5.69 Å². The average Bonchev–Trinajstić information content (AvgIpc) is 3.15. The van der Waals surface area contributed by atoms with Crippen molar-refractivity contribution in [2.75, 3.05) is 6.54 Å². The number of aromatic nitrogens is 1. The summed E-state index contributed by atoms with van der Waals surface area (Å²) in [5, 5.41) is 8.93. The summed E-state index contributed by atoms with van der Waals surface area (Å²) in [4.78, 5) is 37.9. The van der Waals surface area contributed by atoms with E-state index >= 15 is 0 Å². The lowest BCUT2D eigenvalue weighted by Crippen LogP contribution is -2.37. The molecule has 1 aromatic heterocycles. The zero-order valence-electron chi connectivity index (χ0n) is 15.7. The normalized spacial score (nSPS) is 16.1. The summed E-state index contributed by atoms with van der Waals surface area (Å²) in [7, 11) is 0. The van der Waals surface area contributed by atoms with Crippen LogP contribution in [0.5, 0.6) is 5.75 Å². The Balaban J connectivity index is 1.80. The highest BCUT2D eigenvalue weighted by Crippen LogP contribution is 2.32. The number of amides is 2. The summed E-state index contributed by atoms with van der Waals surface area (Å²) >= 11 is 0.784. The summed E-state index contributed by atoms with van der Waals surface area (Å²) in [6.07, 6.45) is 3.41. The van der Waals surface area contributed by atoms with E-state index in [1.807, 2.05) is 16.8 Å². The molecule has 2 aromatic rings. The van der Waals surface area contributed by atoms with Gasteiger partial charge in [0.15, 0.2) is 0 Å². The summed E-state index contributed by atoms with van der Waals surface area (Å²) in [6.45, 7) is 4.74. The monoisotopic (exact) mass is 400 g/mol. The number of phenols is 1.